The number of hydrogen-bond donors (Lipinski definition) is 2. The molecule has 1 aromatic heterocycles. The van der Waals surface area contributed by atoms with Crippen LogP contribution in [0.15, 0.2) is 53.7 Å². The Labute approximate surface area is 176 Å². The number of nitrogens with one attached hydrogen (secondary N) is 1. The SMILES string of the molecule is CN=C(NCc1ccc(C(N)=O)cc1)N1CCN(c2ccccn2)CC1.I. The van der Waals surface area contributed by atoms with Crippen molar-refractivity contribution in [1.82, 2.24) is 15.2 Å². The lowest BCUT2D eigenvalue weighted by atomic mass is 10.1. The van der Waals surface area contributed by atoms with Crippen molar-refractivity contribution in [3.63, 3.8) is 0 Å². The summed E-state index contributed by atoms with van der Waals surface area (Å²) < 4.78 is 0. The number of nitrogens with two attached hydrogens (primary N) is 1. The van der Waals surface area contributed by atoms with E-state index in [0.29, 0.717) is 12.1 Å². The number of rotatable bonds is 4. The molecule has 0 bridgehead atoms. The maximum Gasteiger partial charge on any atom is 0.248 e. The van der Waals surface area contributed by atoms with E-state index in [0.717, 1.165) is 43.5 Å². The molecular formula is C19H25IN6O. The number of nitrogens with zero attached hydrogens (tertiary/aromatic N) is 4. The Kier molecular flexibility index (Phi) is 7.83. The summed E-state index contributed by atoms with van der Waals surface area (Å²) in [6.45, 7) is 4.23. The highest BCUT2D eigenvalue weighted by Gasteiger charge is 2.20. The number of amides is 1. The fourth-order valence-corrected chi connectivity index (χ4v) is 2.99. The van der Waals surface area contributed by atoms with Crippen LogP contribution >= 0.6 is 24.0 Å². The lowest BCUT2D eigenvalue weighted by Crippen LogP contribution is -2.52. The normalized spacial score (nSPS) is 14.5. The predicted molar refractivity (Wildman–Crippen MR) is 119 cm³/mol. The topological polar surface area (TPSA) is 86.8 Å². The Hall–Kier alpha value is -2.36. The van der Waals surface area contributed by atoms with Gasteiger partial charge in [0.25, 0.3) is 0 Å². The van der Waals surface area contributed by atoms with Gasteiger partial charge in [-0.05, 0) is 29.8 Å². The summed E-state index contributed by atoms with van der Waals surface area (Å²) in [6, 6.07) is 13.3. The molecule has 1 saturated heterocycles. The molecule has 1 aromatic carbocycles. The quantitative estimate of drug-likeness (QED) is 0.395. The number of carbonyl (C=O) groups is 1. The summed E-state index contributed by atoms with van der Waals surface area (Å²) >= 11 is 0. The van der Waals surface area contributed by atoms with Gasteiger partial charge in [0.05, 0.1) is 0 Å². The van der Waals surface area contributed by atoms with Gasteiger partial charge in [-0.25, -0.2) is 4.98 Å². The van der Waals surface area contributed by atoms with Gasteiger partial charge in [-0.1, -0.05) is 18.2 Å². The zero-order valence-electron chi connectivity index (χ0n) is 15.3. The summed E-state index contributed by atoms with van der Waals surface area (Å²) in [6.07, 6.45) is 1.83. The van der Waals surface area contributed by atoms with Crippen LogP contribution < -0.4 is 16.0 Å². The number of piperazine rings is 1. The number of hydrogen-bond acceptors (Lipinski definition) is 4. The number of aromatic nitrogens is 1. The average molecular weight is 480 g/mol. The fraction of sp³-hybridized carbons (Fsp3) is 0.316. The van der Waals surface area contributed by atoms with Crippen LogP contribution in [0.1, 0.15) is 15.9 Å². The minimum atomic E-state index is -0.411. The first-order chi connectivity index (χ1) is 12.7. The Bertz CT molecular complexity index is 758. The fourth-order valence-electron chi connectivity index (χ4n) is 2.99. The Morgan fingerprint density at radius 2 is 1.85 bits per heavy atom. The zero-order valence-corrected chi connectivity index (χ0v) is 17.7. The lowest BCUT2D eigenvalue weighted by Gasteiger charge is -2.37. The number of anilines is 1. The van der Waals surface area contributed by atoms with Crippen LogP contribution in [-0.2, 0) is 6.54 Å². The first kappa shape index (κ1) is 20.9. The van der Waals surface area contributed by atoms with Crippen LogP contribution in [-0.4, -0.2) is 55.0 Å². The second-order valence-corrected chi connectivity index (χ2v) is 6.12. The van der Waals surface area contributed by atoms with Gasteiger partial charge in [-0.2, -0.15) is 0 Å². The number of halogens is 1. The van der Waals surface area contributed by atoms with Crippen molar-refractivity contribution in [2.45, 2.75) is 6.54 Å². The van der Waals surface area contributed by atoms with Gasteiger partial charge >= 0.3 is 0 Å². The van der Waals surface area contributed by atoms with E-state index < -0.39 is 5.91 Å². The van der Waals surface area contributed by atoms with Gasteiger partial charge in [0.15, 0.2) is 5.96 Å². The molecule has 1 aliphatic rings. The van der Waals surface area contributed by atoms with Gasteiger partial charge in [0.2, 0.25) is 5.91 Å². The van der Waals surface area contributed by atoms with Crippen LogP contribution in [0.25, 0.3) is 0 Å². The predicted octanol–water partition coefficient (Wildman–Crippen LogP) is 1.70. The minimum absolute atomic E-state index is 0. The second-order valence-electron chi connectivity index (χ2n) is 6.12. The second kappa shape index (κ2) is 10.1. The van der Waals surface area contributed by atoms with Crippen molar-refractivity contribution < 1.29 is 4.79 Å². The van der Waals surface area contributed by atoms with Gasteiger partial charge < -0.3 is 20.9 Å². The van der Waals surface area contributed by atoms with Crippen molar-refractivity contribution in [3.8, 4) is 0 Å². The van der Waals surface area contributed by atoms with E-state index >= 15 is 0 Å². The number of primary amides is 1. The van der Waals surface area contributed by atoms with Crippen LogP contribution in [0, 0.1) is 0 Å². The maximum absolute atomic E-state index is 11.1. The summed E-state index contributed by atoms with van der Waals surface area (Å²) in [5, 5.41) is 3.38. The van der Waals surface area contributed by atoms with Gasteiger partial charge in [0.1, 0.15) is 5.82 Å². The number of carbonyl (C=O) groups excluding carboxylic acids is 1. The Balaban J connectivity index is 0.00000261. The highest BCUT2D eigenvalue weighted by atomic mass is 127. The maximum atomic E-state index is 11.1. The molecule has 3 rings (SSSR count). The van der Waals surface area contributed by atoms with Crippen molar-refractivity contribution in [2.75, 3.05) is 38.1 Å². The summed E-state index contributed by atoms with van der Waals surface area (Å²) in [5.41, 5.74) is 6.86. The van der Waals surface area contributed by atoms with E-state index in [2.05, 4.69) is 25.1 Å². The van der Waals surface area contributed by atoms with Crippen molar-refractivity contribution in [1.29, 1.82) is 0 Å². The zero-order chi connectivity index (χ0) is 18.4. The van der Waals surface area contributed by atoms with Gasteiger partial charge in [-0.15, -0.1) is 24.0 Å². The molecule has 0 saturated carbocycles. The lowest BCUT2D eigenvalue weighted by molar-refractivity contribution is 0.100. The molecule has 1 amide bonds. The first-order valence-corrected chi connectivity index (χ1v) is 8.67. The molecule has 2 aromatic rings. The summed E-state index contributed by atoms with van der Waals surface area (Å²) in [5.74, 6) is 1.49. The molecule has 0 aliphatic carbocycles. The summed E-state index contributed by atoms with van der Waals surface area (Å²) in [7, 11) is 1.80. The number of guanidine groups is 1. The van der Waals surface area contributed by atoms with E-state index in [9.17, 15) is 4.79 Å². The average Bonchev–Trinajstić information content (AvgIpc) is 2.70. The van der Waals surface area contributed by atoms with Crippen molar-refractivity contribution >= 4 is 41.7 Å². The molecule has 2 heterocycles. The molecule has 1 aliphatic heterocycles. The van der Waals surface area contributed by atoms with E-state index in [1.165, 1.54) is 0 Å². The van der Waals surface area contributed by atoms with Crippen LogP contribution in [0.2, 0.25) is 0 Å². The van der Waals surface area contributed by atoms with Crippen LogP contribution in [0.5, 0.6) is 0 Å². The smallest absolute Gasteiger partial charge is 0.248 e. The highest BCUT2D eigenvalue weighted by molar-refractivity contribution is 14.0. The largest absolute Gasteiger partial charge is 0.366 e. The number of benzene rings is 1. The number of aliphatic imine (C=N–C) groups is 1. The molecule has 0 spiro atoms. The molecule has 3 N–H and O–H groups in total. The molecule has 8 heteroatoms. The monoisotopic (exact) mass is 480 g/mol. The highest BCUT2D eigenvalue weighted by Crippen LogP contribution is 2.12. The van der Waals surface area contributed by atoms with Gasteiger partial charge in [0, 0.05) is 51.5 Å². The standard InChI is InChI=1S/C19H24N6O.HI/c1-21-19(23-14-15-5-7-16(8-6-15)18(20)26)25-12-10-24(11-13-25)17-4-2-3-9-22-17;/h2-9H,10-14H2,1H3,(H2,20,26)(H,21,23);1H. The molecule has 27 heavy (non-hydrogen) atoms. The van der Waals surface area contributed by atoms with Crippen LogP contribution in [0.3, 0.4) is 0 Å². The van der Waals surface area contributed by atoms with Crippen LogP contribution in [0.4, 0.5) is 5.82 Å². The summed E-state index contributed by atoms with van der Waals surface area (Å²) in [4.78, 5) is 24.5. The van der Waals surface area contributed by atoms with E-state index in [4.69, 9.17) is 5.73 Å². The Morgan fingerprint density at radius 3 is 2.41 bits per heavy atom. The van der Waals surface area contributed by atoms with Crippen molar-refractivity contribution in [3.05, 3.63) is 59.8 Å². The molecule has 1 fully saturated rings. The van der Waals surface area contributed by atoms with E-state index in [1.54, 1.807) is 19.2 Å². The molecular weight excluding hydrogens is 455 g/mol. The Morgan fingerprint density at radius 1 is 1.15 bits per heavy atom. The number of pyridine rings is 1. The third-order valence-corrected chi connectivity index (χ3v) is 4.45. The molecule has 0 radical (unpaired) electrons. The molecule has 0 atom stereocenters. The first-order valence-electron chi connectivity index (χ1n) is 8.67. The third kappa shape index (κ3) is 5.56. The van der Waals surface area contributed by atoms with Crippen molar-refractivity contribution in [2.24, 2.45) is 10.7 Å². The van der Waals surface area contributed by atoms with E-state index in [-0.39, 0.29) is 24.0 Å². The molecule has 144 valence electrons. The minimum Gasteiger partial charge on any atom is -0.366 e. The molecule has 0 unspecified atom stereocenters. The van der Waals surface area contributed by atoms with E-state index in [1.807, 2.05) is 36.5 Å². The third-order valence-electron chi connectivity index (χ3n) is 4.45. The van der Waals surface area contributed by atoms with Gasteiger partial charge in [-0.3, -0.25) is 9.79 Å². The molecule has 7 nitrogen and oxygen atoms in total.